The van der Waals surface area contributed by atoms with Crippen molar-refractivity contribution < 1.29 is 30.7 Å². The lowest BCUT2D eigenvalue weighted by molar-refractivity contribution is -0.364. The average Bonchev–Trinajstić information content (AvgIpc) is 2.47. The highest BCUT2D eigenvalue weighted by atomic mass is 127. The quantitative estimate of drug-likeness (QED) is 0.116. The normalized spacial score (nSPS) is 16.2. The SMILES string of the molecule is CCCCCCCCCCC(I)C(C)C(F)(F)C(F)(F)C(F)(F)F. The van der Waals surface area contributed by atoms with Crippen LogP contribution in [-0.2, 0) is 0 Å². The summed E-state index contributed by atoms with van der Waals surface area (Å²) in [5, 5.41) is 0. The molecule has 0 bridgehead atoms. The summed E-state index contributed by atoms with van der Waals surface area (Å²) >= 11 is 1.56. The number of unbranched alkanes of at least 4 members (excludes halogenated alkanes) is 7. The Kier molecular flexibility index (Phi) is 10.5. The maximum atomic E-state index is 13.6. The molecule has 0 aliphatic rings. The topological polar surface area (TPSA) is 0 Å². The third kappa shape index (κ3) is 6.86. The highest BCUT2D eigenvalue weighted by Gasteiger charge is 2.74. The van der Waals surface area contributed by atoms with E-state index in [0.717, 1.165) is 45.4 Å². The Morgan fingerprint density at radius 3 is 1.58 bits per heavy atom. The predicted octanol–water partition coefficient (Wildman–Crippen LogP) is 7.79. The number of rotatable bonds is 12. The first-order valence-electron chi connectivity index (χ1n) is 8.36. The second-order valence-corrected chi connectivity index (χ2v) is 7.86. The Balaban J connectivity index is 4.29. The van der Waals surface area contributed by atoms with Crippen molar-refractivity contribution in [2.45, 2.75) is 93.6 Å². The van der Waals surface area contributed by atoms with Crippen LogP contribution in [0.4, 0.5) is 30.7 Å². The number of hydrogen-bond acceptors (Lipinski definition) is 0. The van der Waals surface area contributed by atoms with Gasteiger partial charge in [-0.1, -0.05) is 87.8 Å². The van der Waals surface area contributed by atoms with E-state index in [4.69, 9.17) is 0 Å². The molecule has 0 nitrogen and oxygen atoms in total. The van der Waals surface area contributed by atoms with Crippen molar-refractivity contribution in [1.29, 1.82) is 0 Å². The van der Waals surface area contributed by atoms with Gasteiger partial charge < -0.3 is 0 Å². The molecular formula is C16H26F7I. The molecule has 146 valence electrons. The molecule has 0 fully saturated rings. The first-order valence-corrected chi connectivity index (χ1v) is 9.60. The van der Waals surface area contributed by atoms with Crippen LogP contribution in [0.15, 0.2) is 0 Å². The molecule has 0 aliphatic heterocycles. The van der Waals surface area contributed by atoms with Gasteiger partial charge in [0.25, 0.3) is 0 Å². The Bertz CT molecular complexity index is 342. The summed E-state index contributed by atoms with van der Waals surface area (Å²) in [6.07, 6.45) is 1.83. The maximum Gasteiger partial charge on any atom is 0.459 e. The molecule has 2 atom stereocenters. The van der Waals surface area contributed by atoms with Gasteiger partial charge in [-0.05, 0) is 6.42 Å². The fraction of sp³-hybridized carbons (Fsp3) is 1.00. The molecule has 0 aliphatic carbocycles. The van der Waals surface area contributed by atoms with Crippen LogP contribution < -0.4 is 0 Å². The first-order chi connectivity index (χ1) is 10.9. The summed E-state index contributed by atoms with van der Waals surface area (Å²) < 4.78 is 89.0. The van der Waals surface area contributed by atoms with Gasteiger partial charge in [0.1, 0.15) is 0 Å². The van der Waals surface area contributed by atoms with Gasteiger partial charge in [0, 0.05) is 9.84 Å². The zero-order valence-electron chi connectivity index (χ0n) is 14.0. The third-order valence-electron chi connectivity index (χ3n) is 4.22. The van der Waals surface area contributed by atoms with Crippen molar-refractivity contribution >= 4 is 22.6 Å². The van der Waals surface area contributed by atoms with Crippen LogP contribution in [-0.4, -0.2) is 21.9 Å². The van der Waals surface area contributed by atoms with E-state index in [-0.39, 0.29) is 6.42 Å². The largest absolute Gasteiger partial charge is 0.459 e. The van der Waals surface area contributed by atoms with E-state index in [0.29, 0.717) is 6.42 Å². The van der Waals surface area contributed by atoms with E-state index < -0.39 is 27.9 Å². The molecule has 8 heteroatoms. The lowest BCUT2D eigenvalue weighted by Crippen LogP contribution is -2.56. The molecular weight excluding hydrogens is 452 g/mol. The molecule has 0 amide bonds. The average molecular weight is 478 g/mol. The summed E-state index contributed by atoms with van der Waals surface area (Å²) in [5.41, 5.74) is 0. The van der Waals surface area contributed by atoms with Crippen LogP contribution in [0.2, 0.25) is 0 Å². The van der Waals surface area contributed by atoms with E-state index in [1.54, 1.807) is 22.6 Å². The molecule has 0 heterocycles. The summed E-state index contributed by atoms with van der Waals surface area (Å²) in [5.74, 6) is -13.2. The molecule has 0 saturated heterocycles. The van der Waals surface area contributed by atoms with Crippen molar-refractivity contribution in [3.8, 4) is 0 Å². The van der Waals surface area contributed by atoms with Gasteiger partial charge in [-0.2, -0.15) is 30.7 Å². The Hall–Kier alpha value is 0.240. The Labute approximate surface area is 153 Å². The second kappa shape index (κ2) is 10.4. The zero-order chi connectivity index (χ0) is 19.0. The molecule has 0 aromatic heterocycles. The van der Waals surface area contributed by atoms with E-state index in [9.17, 15) is 30.7 Å². The van der Waals surface area contributed by atoms with Crippen LogP contribution >= 0.6 is 22.6 Å². The molecule has 2 unspecified atom stereocenters. The molecule has 0 aromatic carbocycles. The predicted molar refractivity (Wildman–Crippen MR) is 90.1 cm³/mol. The lowest BCUT2D eigenvalue weighted by Gasteiger charge is -2.34. The molecule has 0 spiro atoms. The fourth-order valence-electron chi connectivity index (χ4n) is 2.43. The minimum atomic E-state index is -6.25. The van der Waals surface area contributed by atoms with Gasteiger partial charge >= 0.3 is 18.0 Å². The minimum absolute atomic E-state index is 0.209. The van der Waals surface area contributed by atoms with Gasteiger partial charge in [0.2, 0.25) is 0 Å². The highest BCUT2D eigenvalue weighted by molar-refractivity contribution is 14.1. The van der Waals surface area contributed by atoms with Gasteiger partial charge in [0.05, 0.1) is 0 Å². The summed E-state index contributed by atoms with van der Waals surface area (Å²) in [4.78, 5) is 0. The monoisotopic (exact) mass is 478 g/mol. The zero-order valence-corrected chi connectivity index (χ0v) is 16.2. The van der Waals surface area contributed by atoms with Crippen molar-refractivity contribution in [1.82, 2.24) is 0 Å². The third-order valence-corrected chi connectivity index (χ3v) is 5.92. The van der Waals surface area contributed by atoms with Gasteiger partial charge in [0.15, 0.2) is 0 Å². The number of hydrogen-bond donors (Lipinski definition) is 0. The smallest absolute Gasteiger partial charge is 0.199 e. The number of halogens is 8. The maximum absolute atomic E-state index is 13.6. The summed E-state index contributed by atoms with van der Waals surface area (Å²) in [6, 6.07) is 0. The highest BCUT2D eigenvalue weighted by Crippen LogP contribution is 2.51. The van der Waals surface area contributed by atoms with Gasteiger partial charge in [-0.25, -0.2) is 0 Å². The van der Waals surface area contributed by atoms with Crippen molar-refractivity contribution in [3.63, 3.8) is 0 Å². The molecule has 0 rings (SSSR count). The summed E-state index contributed by atoms with van der Waals surface area (Å²) in [7, 11) is 0. The molecule has 0 aromatic rings. The van der Waals surface area contributed by atoms with Crippen LogP contribution in [0.3, 0.4) is 0 Å². The lowest BCUT2D eigenvalue weighted by atomic mass is 9.91. The second-order valence-electron chi connectivity index (χ2n) is 6.26. The minimum Gasteiger partial charge on any atom is -0.199 e. The van der Waals surface area contributed by atoms with Crippen LogP contribution in [0.1, 0.15) is 71.6 Å². The molecule has 0 radical (unpaired) electrons. The van der Waals surface area contributed by atoms with Crippen LogP contribution in [0, 0.1) is 5.92 Å². The molecule has 24 heavy (non-hydrogen) atoms. The standard InChI is InChI=1S/C16H26F7I/c1-3-4-5-6-7-8-9-10-11-13(24)12(2)14(17,18)15(19,20)16(21,22)23/h12-13H,3-11H2,1-2H3. The molecule has 0 saturated carbocycles. The Morgan fingerprint density at radius 1 is 0.750 bits per heavy atom. The van der Waals surface area contributed by atoms with Crippen molar-refractivity contribution in [2.24, 2.45) is 5.92 Å². The van der Waals surface area contributed by atoms with Crippen LogP contribution in [0.5, 0.6) is 0 Å². The summed E-state index contributed by atoms with van der Waals surface area (Å²) in [6.45, 7) is 2.88. The number of alkyl halides is 8. The first kappa shape index (κ1) is 24.2. The van der Waals surface area contributed by atoms with E-state index in [1.165, 1.54) is 6.42 Å². The van der Waals surface area contributed by atoms with Crippen molar-refractivity contribution in [3.05, 3.63) is 0 Å². The molecule has 0 N–H and O–H groups in total. The van der Waals surface area contributed by atoms with E-state index in [2.05, 4.69) is 6.92 Å². The van der Waals surface area contributed by atoms with Gasteiger partial charge in [-0.3, -0.25) is 0 Å². The van der Waals surface area contributed by atoms with E-state index in [1.807, 2.05) is 0 Å². The fourth-order valence-corrected chi connectivity index (χ4v) is 3.32. The van der Waals surface area contributed by atoms with Crippen molar-refractivity contribution in [2.75, 3.05) is 0 Å². The van der Waals surface area contributed by atoms with Crippen LogP contribution in [0.25, 0.3) is 0 Å². The van der Waals surface area contributed by atoms with Gasteiger partial charge in [-0.15, -0.1) is 0 Å². The Morgan fingerprint density at radius 2 is 1.17 bits per heavy atom. The van der Waals surface area contributed by atoms with E-state index >= 15 is 0 Å².